The van der Waals surface area contributed by atoms with Gasteiger partial charge in [0.2, 0.25) is 6.23 Å². The molecule has 1 aliphatic heterocycles. The molecule has 1 aliphatic rings. The number of carbonyl (C=O) groups excluding carboxylic acids is 2. The van der Waals surface area contributed by atoms with E-state index in [1.54, 1.807) is 36.4 Å². The van der Waals surface area contributed by atoms with Crippen LogP contribution in [0.15, 0.2) is 73.3 Å². The third-order valence-corrected chi connectivity index (χ3v) is 5.83. The molecule has 3 atom stereocenters. The second-order valence-corrected chi connectivity index (χ2v) is 8.20. The predicted octanol–water partition coefficient (Wildman–Crippen LogP) is 4.10. The van der Waals surface area contributed by atoms with Gasteiger partial charge in [0, 0.05) is 0 Å². The van der Waals surface area contributed by atoms with Crippen molar-refractivity contribution in [3.8, 4) is 0 Å². The average molecular weight is 515 g/mol. The fourth-order valence-corrected chi connectivity index (χ4v) is 3.99. The van der Waals surface area contributed by atoms with E-state index >= 15 is 8.78 Å². The first-order valence-corrected chi connectivity index (χ1v) is 11.1. The normalized spacial score (nSPS) is 20.8. The Morgan fingerprint density at radius 2 is 1.61 bits per heavy atom. The van der Waals surface area contributed by atoms with Gasteiger partial charge in [-0.1, -0.05) is 48.0 Å². The Morgan fingerprint density at radius 1 is 0.972 bits per heavy atom. The number of aromatic nitrogens is 4. The van der Waals surface area contributed by atoms with E-state index in [0.717, 1.165) is 17.2 Å². The van der Waals surface area contributed by atoms with E-state index in [0.29, 0.717) is 0 Å². The molecule has 184 valence electrons. The van der Waals surface area contributed by atoms with Crippen LogP contribution in [0.5, 0.6) is 0 Å². The molecule has 0 bridgehead atoms. The molecule has 0 spiro atoms. The van der Waals surface area contributed by atoms with Crippen LogP contribution in [0.4, 0.5) is 8.78 Å². The van der Waals surface area contributed by atoms with E-state index in [4.69, 9.17) is 25.8 Å². The molecule has 5 rings (SSSR count). The predicted molar refractivity (Wildman–Crippen MR) is 122 cm³/mol. The molecule has 12 heteroatoms. The van der Waals surface area contributed by atoms with Crippen LogP contribution in [0.2, 0.25) is 5.15 Å². The Bertz CT molecular complexity index is 1400. The quantitative estimate of drug-likeness (QED) is 0.280. The van der Waals surface area contributed by atoms with Crippen molar-refractivity contribution in [2.24, 2.45) is 0 Å². The van der Waals surface area contributed by atoms with Gasteiger partial charge in [0.25, 0.3) is 0 Å². The molecular formula is C24H17ClF2N4O5. The summed E-state index contributed by atoms with van der Waals surface area (Å²) in [6, 6.07) is 15.7. The van der Waals surface area contributed by atoms with E-state index in [9.17, 15) is 9.59 Å². The molecule has 2 aromatic carbocycles. The summed E-state index contributed by atoms with van der Waals surface area (Å²) in [5.41, 5.74) is 0.387. The first kappa shape index (κ1) is 23.8. The van der Waals surface area contributed by atoms with Crippen LogP contribution in [0.3, 0.4) is 0 Å². The van der Waals surface area contributed by atoms with E-state index in [1.807, 2.05) is 0 Å². The first-order chi connectivity index (χ1) is 17.4. The lowest BCUT2D eigenvalue weighted by Crippen LogP contribution is -2.43. The van der Waals surface area contributed by atoms with Gasteiger partial charge in [-0.25, -0.2) is 24.5 Å². The summed E-state index contributed by atoms with van der Waals surface area (Å²) in [4.78, 5) is 36.9. The third kappa shape index (κ3) is 4.38. The summed E-state index contributed by atoms with van der Waals surface area (Å²) in [6.07, 6.45) is -3.39. The lowest BCUT2D eigenvalue weighted by Gasteiger charge is -2.24. The molecule has 0 N–H and O–H groups in total. The van der Waals surface area contributed by atoms with Crippen LogP contribution in [0, 0.1) is 0 Å². The lowest BCUT2D eigenvalue weighted by atomic mass is 10.1. The Hall–Kier alpha value is -3.96. The van der Waals surface area contributed by atoms with Gasteiger partial charge in [-0.2, -0.15) is 8.78 Å². The molecule has 0 unspecified atom stereocenters. The number of alkyl halides is 2. The maximum Gasteiger partial charge on any atom is 0.338 e. The summed E-state index contributed by atoms with van der Waals surface area (Å²) >= 11 is 6.00. The van der Waals surface area contributed by atoms with E-state index in [2.05, 4.69) is 15.0 Å². The number of rotatable bonds is 6. The molecule has 9 nitrogen and oxygen atoms in total. The maximum absolute atomic E-state index is 15.8. The highest BCUT2D eigenvalue weighted by Crippen LogP contribution is 2.45. The Kier molecular flexibility index (Phi) is 6.33. The highest BCUT2D eigenvalue weighted by molar-refractivity contribution is 6.33. The number of nitrogens with zero attached hydrogens (tertiary/aromatic N) is 4. The Labute approximate surface area is 207 Å². The fourth-order valence-electron chi connectivity index (χ4n) is 3.82. The van der Waals surface area contributed by atoms with E-state index < -0.39 is 42.9 Å². The zero-order valence-electron chi connectivity index (χ0n) is 18.3. The molecule has 0 saturated carbocycles. The van der Waals surface area contributed by atoms with E-state index in [-0.39, 0.29) is 27.4 Å². The second-order valence-electron chi connectivity index (χ2n) is 7.85. The molecule has 0 amide bonds. The standard InChI is InChI=1S/C24H17ClF2N4O5/c25-19-17-20(29-12-28-19)31(13-30-17)23-24(26,27)18(36-22(33)15-9-5-2-6-10-15)16(35-23)11-34-21(32)14-7-3-1-4-8-14/h1-10,12-13,16,18,23H,11H2/t16-,18-,23+/m0/s1. The van der Waals surface area contributed by atoms with Crippen molar-refractivity contribution in [3.05, 3.63) is 89.6 Å². The van der Waals surface area contributed by atoms with Gasteiger partial charge in [0.1, 0.15) is 24.6 Å². The molecule has 36 heavy (non-hydrogen) atoms. The minimum Gasteiger partial charge on any atom is -0.459 e. The van der Waals surface area contributed by atoms with E-state index in [1.165, 1.54) is 24.3 Å². The van der Waals surface area contributed by atoms with Gasteiger partial charge in [-0.15, -0.1) is 0 Å². The maximum atomic E-state index is 15.8. The molecule has 4 aromatic rings. The molecule has 0 aliphatic carbocycles. The lowest BCUT2D eigenvalue weighted by molar-refractivity contribution is -0.140. The smallest absolute Gasteiger partial charge is 0.338 e. The third-order valence-electron chi connectivity index (χ3n) is 5.55. The van der Waals surface area contributed by atoms with Crippen LogP contribution in [0.25, 0.3) is 11.2 Å². The number of imidazole rings is 1. The minimum atomic E-state index is -3.76. The molecular weight excluding hydrogens is 498 g/mol. The van der Waals surface area contributed by atoms with Crippen LogP contribution in [0.1, 0.15) is 26.9 Å². The second kappa shape index (κ2) is 9.59. The summed E-state index contributed by atoms with van der Waals surface area (Å²) < 4.78 is 48.6. The van der Waals surface area contributed by atoms with Crippen LogP contribution in [-0.2, 0) is 14.2 Å². The summed E-state index contributed by atoms with van der Waals surface area (Å²) in [7, 11) is 0. The van der Waals surface area contributed by atoms with Gasteiger partial charge in [-0.05, 0) is 24.3 Å². The topological polar surface area (TPSA) is 105 Å². The molecule has 2 aromatic heterocycles. The number of halogens is 3. The number of carbonyl (C=O) groups is 2. The summed E-state index contributed by atoms with van der Waals surface area (Å²) in [6.45, 7) is -0.602. The van der Waals surface area contributed by atoms with Crippen molar-refractivity contribution in [2.45, 2.75) is 24.4 Å². The van der Waals surface area contributed by atoms with Crippen molar-refractivity contribution in [1.29, 1.82) is 0 Å². The van der Waals surface area contributed by atoms with Gasteiger partial charge in [0.05, 0.1) is 17.5 Å². The van der Waals surface area contributed by atoms with Gasteiger partial charge >= 0.3 is 17.9 Å². The molecule has 1 fully saturated rings. The Balaban J connectivity index is 1.45. The van der Waals surface area contributed by atoms with Gasteiger partial charge < -0.3 is 14.2 Å². The number of ether oxygens (including phenoxy) is 3. The molecule has 1 saturated heterocycles. The number of esters is 2. The van der Waals surface area contributed by atoms with Crippen molar-refractivity contribution in [3.63, 3.8) is 0 Å². The van der Waals surface area contributed by atoms with Crippen molar-refractivity contribution >= 4 is 34.7 Å². The van der Waals surface area contributed by atoms with Crippen LogP contribution >= 0.6 is 11.6 Å². The monoisotopic (exact) mass is 514 g/mol. The number of fused-ring (bicyclic) bond motifs is 1. The molecule has 0 radical (unpaired) electrons. The first-order valence-electron chi connectivity index (χ1n) is 10.7. The van der Waals surface area contributed by atoms with Crippen LogP contribution < -0.4 is 0 Å². The van der Waals surface area contributed by atoms with Gasteiger partial charge in [0.15, 0.2) is 16.9 Å². The zero-order valence-corrected chi connectivity index (χ0v) is 19.1. The Morgan fingerprint density at radius 3 is 2.28 bits per heavy atom. The SMILES string of the molecule is O=C(OC[C@@H]1O[C@@H](n2cnc3c(Cl)ncnc32)C(F)(F)[C@H]1OC(=O)c1ccccc1)c1ccccc1. The van der Waals surface area contributed by atoms with Crippen molar-refractivity contribution < 1.29 is 32.6 Å². The van der Waals surface area contributed by atoms with Gasteiger partial charge in [-0.3, -0.25) is 4.57 Å². The fraction of sp³-hybridized carbons (Fsp3) is 0.208. The van der Waals surface area contributed by atoms with Crippen molar-refractivity contribution in [1.82, 2.24) is 19.5 Å². The average Bonchev–Trinajstić information content (AvgIpc) is 3.42. The largest absolute Gasteiger partial charge is 0.459 e. The number of hydrogen-bond donors (Lipinski definition) is 0. The highest BCUT2D eigenvalue weighted by atomic mass is 35.5. The summed E-state index contributed by atoms with van der Waals surface area (Å²) in [5.74, 6) is -5.49. The number of benzene rings is 2. The van der Waals surface area contributed by atoms with Crippen LogP contribution in [-0.4, -0.2) is 56.2 Å². The molecule has 3 heterocycles. The minimum absolute atomic E-state index is 0.00487. The highest BCUT2D eigenvalue weighted by Gasteiger charge is 2.63. The zero-order chi connectivity index (χ0) is 25.3. The summed E-state index contributed by atoms with van der Waals surface area (Å²) in [5, 5.41) is -0.0274. The van der Waals surface area contributed by atoms with Crippen molar-refractivity contribution in [2.75, 3.05) is 6.61 Å². The number of hydrogen-bond acceptors (Lipinski definition) is 8.